The third kappa shape index (κ3) is 10.2. The van der Waals surface area contributed by atoms with Gasteiger partial charge in [-0.05, 0) is 43.9 Å². The van der Waals surface area contributed by atoms with Crippen LogP contribution in [0.15, 0.2) is 24.3 Å². The molecule has 0 amide bonds. The van der Waals surface area contributed by atoms with E-state index >= 15 is 0 Å². The fourth-order valence-corrected chi connectivity index (χ4v) is 4.04. The van der Waals surface area contributed by atoms with Gasteiger partial charge in [-0.15, -0.1) is 0 Å². The number of carbonyl (C=O) groups is 2. The molecule has 4 nitrogen and oxygen atoms in total. The molecule has 0 aliphatic heterocycles. The molecule has 4 heteroatoms. The SMILES string of the molecule is CCCCCCCC(O)/C=C\C1C(C)CC(=O)C1C/C=C/CCCCC(=O)O. The van der Waals surface area contributed by atoms with Crippen LogP contribution in [0.3, 0.4) is 0 Å². The van der Waals surface area contributed by atoms with E-state index in [2.05, 4.69) is 32.1 Å². The first-order chi connectivity index (χ1) is 13.5. The molecule has 1 aliphatic carbocycles. The molecule has 0 aromatic carbocycles. The smallest absolute Gasteiger partial charge is 0.303 e. The third-order valence-electron chi connectivity index (χ3n) is 5.79. The number of carboxylic acid groups (broad SMARTS) is 1. The lowest BCUT2D eigenvalue weighted by Gasteiger charge is -2.17. The maximum atomic E-state index is 12.4. The van der Waals surface area contributed by atoms with Gasteiger partial charge in [-0.25, -0.2) is 0 Å². The summed E-state index contributed by atoms with van der Waals surface area (Å²) in [7, 11) is 0. The first-order valence-electron chi connectivity index (χ1n) is 11.2. The van der Waals surface area contributed by atoms with E-state index in [0.29, 0.717) is 24.5 Å². The predicted molar refractivity (Wildman–Crippen MR) is 114 cm³/mol. The van der Waals surface area contributed by atoms with Gasteiger partial charge in [-0.1, -0.05) is 70.3 Å². The molecule has 0 heterocycles. The lowest BCUT2D eigenvalue weighted by atomic mass is 9.87. The van der Waals surface area contributed by atoms with E-state index in [-0.39, 0.29) is 18.3 Å². The van der Waals surface area contributed by atoms with E-state index in [4.69, 9.17) is 5.11 Å². The van der Waals surface area contributed by atoms with E-state index in [1.807, 2.05) is 6.08 Å². The minimum Gasteiger partial charge on any atom is -0.481 e. The maximum absolute atomic E-state index is 12.4. The quantitative estimate of drug-likeness (QED) is 0.277. The summed E-state index contributed by atoms with van der Waals surface area (Å²) in [5, 5.41) is 18.8. The summed E-state index contributed by atoms with van der Waals surface area (Å²) in [5.74, 6) is 0.130. The molecule has 0 aromatic heterocycles. The highest BCUT2D eigenvalue weighted by molar-refractivity contribution is 5.84. The number of hydrogen-bond donors (Lipinski definition) is 2. The van der Waals surface area contributed by atoms with Crippen LogP contribution in [0.4, 0.5) is 0 Å². The van der Waals surface area contributed by atoms with Gasteiger partial charge < -0.3 is 10.2 Å². The van der Waals surface area contributed by atoms with Gasteiger partial charge in [-0.3, -0.25) is 9.59 Å². The summed E-state index contributed by atoms with van der Waals surface area (Å²) < 4.78 is 0. The summed E-state index contributed by atoms with van der Waals surface area (Å²) >= 11 is 0. The molecule has 28 heavy (non-hydrogen) atoms. The van der Waals surface area contributed by atoms with Crippen molar-refractivity contribution in [1.82, 2.24) is 0 Å². The van der Waals surface area contributed by atoms with Gasteiger partial charge in [0, 0.05) is 18.8 Å². The van der Waals surface area contributed by atoms with Crippen molar-refractivity contribution in [3.05, 3.63) is 24.3 Å². The molecule has 1 rings (SSSR count). The Labute approximate surface area is 171 Å². The molecule has 1 aliphatic rings. The zero-order valence-corrected chi connectivity index (χ0v) is 17.8. The molecule has 0 spiro atoms. The molecule has 0 radical (unpaired) electrons. The Morgan fingerprint density at radius 3 is 2.61 bits per heavy atom. The second kappa shape index (κ2) is 14.6. The van der Waals surface area contributed by atoms with Crippen molar-refractivity contribution in [1.29, 1.82) is 0 Å². The number of aliphatic hydroxyl groups is 1. The number of aliphatic hydroxyl groups excluding tert-OH is 1. The van der Waals surface area contributed by atoms with E-state index in [1.165, 1.54) is 25.7 Å². The van der Waals surface area contributed by atoms with Crippen LogP contribution in [0.1, 0.15) is 90.9 Å². The van der Waals surface area contributed by atoms with Crippen molar-refractivity contribution < 1.29 is 19.8 Å². The standard InChI is InChI=1S/C24H40O4/c1-3-4-5-7-10-13-20(25)16-17-21-19(2)18-23(26)22(21)14-11-8-6-9-12-15-24(27)28/h8,11,16-17,19-22,25H,3-7,9-10,12-15,18H2,1-2H3,(H,27,28)/b11-8+,17-16-. The number of allylic oxidation sites excluding steroid dienone is 3. The minimum atomic E-state index is -0.743. The third-order valence-corrected chi connectivity index (χ3v) is 5.79. The Bertz CT molecular complexity index is 509. The van der Waals surface area contributed by atoms with Crippen LogP contribution in [0, 0.1) is 17.8 Å². The van der Waals surface area contributed by atoms with Crippen LogP contribution in [-0.2, 0) is 9.59 Å². The van der Waals surface area contributed by atoms with Crippen LogP contribution in [0.5, 0.6) is 0 Å². The molecular weight excluding hydrogens is 352 g/mol. The number of carbonyl (C=O) groups excluding carboxylic acids is 1. The number of rotatable bonds is 15. The number of ketones is 1. The van der Waals surface area contributed by atoms with Crippen LogP contribution in [0.25, 0.3) is 0 Å². The molecule has 2 N–H and O–H groups in total. The highest BCUT2D eigenvalue weighted by atomic mass is 16.4. The summed E-state index contributed by atoms with van der Waals surface area (Å²) in [6.07, 6.45) is 18.5. The molecule has 0 aromatic rings. The fourth-order valence-electron chi connectivity index (χ4n) is 4.04. The summed E-state index contributed by atoms with van der Waals surface area (Å²) in [4.78, 5) is 22.9. The Morgan fingerprint density at radius 1 is 1.14 bits per heavy atom. The van der Waals surface area contributed by atoms with Crippen molar-refractivity contribution in [3.63, 3.8) is 0 Å². The largest absolute Gasteiger partial charge is 0.481 e. The zero-order valence-electron chi connectivity index (χ0n) is 17.8. The number of carboxylic acids is 1. The minimum absolute atomic E-state index is 0.0123. The highest BCUT2D eigenvalue weighted by Gasteiger charge is 2.37. The van der Waals surface area contributed by atoms with Crippen molar-refractivity contribution >= 4 is 11.8 Å². The van der Waals surface area contributed by atoms with Gasteiger partial charge in [0.2, 0.25) is 0 Å². The normalized spacial score (nSPS) is 23.8. The molecule has 0 bridgehead atoms. The maximum Gasteiger partial charge on any atom is 0.303 e. The van der Waals surface area contributed by atoms with Gasteiger partial charge in [0.25, 0.3) is 0 Å². The zero-order chi connectivity index (χ0) is 20.8. The molecule has 0 saturated heterocycles. The number of aliphatic carboxylic acids is 1. The Balaban J connectivity index is 2.39. The fraction of sp³-hybridized carbons (Fsp3) is 0.750. The summed E-state index contributed by atoms with van der Waals surface area (Å²) in [6.45, 7) is 4.33. The molecular formula is C24H40O4. The van der Waals surface area contributed by atoms with E-state index in [1.54, 1.807) is 0 Å². The molecule has 1 fully saturated rings. The average molecular weight is 393 g/mol. The summed E-state index contributed by atoms with van der Waals surface area (Å²) in [6, 6.07) is 0. The second-order valence-corrected chi connectivity index (χ2v) is 8.33. The van der Waals surface area contributed by atoms with Gasteiger partial charge in [0.1, 0.15) is 5.78 Å². The highest BCUT2D eigenvalue weighted by Crippen LogP contribution is 2.37. The van der Waals surface area contributed by atoms with Crippen molar-refractivity contribution in [3.8, 4) is 0 Å². The van der Waals surface area contributed by atoms with Gasteiger partial charge in [-0.2, -0.15) is 0 Å². The molecule has 1 saturated carbocycles. The van der Waals surface area contributed by atoms with Crippen LogP contribution in [0.2, 0.25) is 0 Å². The first kappa shape index (κ1) is 24.6. The second-order valence-electron chi connectivity index (χ2n) is 8.33. The van der Waals surface area contributed by atoms with Crippen molar-refractivity contribution in [2.75, 3.05) is 0 Å². The van der Waals surface area contributed by atoms with E-state index in [0.717, 1.165) is 32.1 Å². The van der Waals surface area contributed by atoms with E-state index < -0.39 is 12.1 Å². The number of hydrogen-bond acceptors (Lipinski definition) is 3. The van der Waals surface area contributed by atoms with Gasteiger partial charge >= 0.3 is 5.97 Å². The topological polar surface area (TPSA) is 74.6 Å². The summed E-state index contributed by atoms with van der Waals surface area (Å²) in [5.41, 5.74) is 0. The lowest BCUT2D eigenvalue weighted by molar-refractivity contribution is -0.137. The molecule has 160 valence electrons. The van der Waals surface area contributed by atoms with E-state index in [9.17, 15) is 14.7 Å². The van der Waals surface area contributed by atoms with Crippen LogP contribution in [-0.4, -0.2) is 28.1 Å². The van der Waals surface area contributed by atoms with Gasteiger partial charge in [0.05, 0.1) is 6.10 Å². The Morgan fingerprint density at radius 2 is 1.89 bits per heavy atom. The number of unbranched alkanes of at least 4 members (excludes halogenated alkanes) is 6. The van der Waals surface area contributed by atoms with Crippen molar-refractivity contribution in [2.45, 2.75) is 97.0 Å². The van der Waals surface area contributed by atoms with Crippen LogP contribution < -0.4 is 0 Å². The van der Waals surface area contributed by atoms with Gasteiger partial charge in [0.15, 0.2) is 0 Å². The first-order valence-corrected chi connectivity index (χ1v) is 11.2. The number of Topliss-reactive ketones (excluding diaryl/α,β-unsaturated/α-hetero) is 1. The molecule has 4 atom stereocenters. The molecule has 4 unspecified atom stereocenters. The predicted octanol–water partition coefficient (Wildman–Crippen LogP) is 5.70. The van der Waals surface area contributed by atoms with Crippen molar-refractivity contribution in [2.24, 2.45) is 17.8 Å². The average Bonchev–Trinajstić information content (AvgIpc) is 2.91. The van der Waals surface area contributed by atoms with Crippen LogP contribution >= 0.6 is 0 Å². The Kier molecular flexibility index (Phi) is 12.8. The lowest BCUT2D eigenvalue weighted by Crippen LogP contribution is -2.15. The monoisotopic (exact) mass is 392 g/mol. The Hall–Kier alpha value is -1.42.